The van der Waals surface area contributed by atoms with E-state index in [4.69, 9.17) is 4.74 Å². The minimum atomic E-state index is -0.474. The van der Waals surface area contributed by atoms with Crippen molar-refractivity contribution in [1.82, 2.24) is 4.98 Å². The molecular weight excluding hydrogens is 220 g/mol. The van der Waals surface area contributed by atoms with E-state index in [1.807, 2.05) is 6.92 Å². The molecule has 0 radical (unpaired) electrons. The summed E-state index contributed by atoms with van der Waals surface area (Å²) in [7, 11) is 2.77. The van der Waals surface area contributed by atoms with Crippen LogP contribution in [0.2, 0.25) is 0 Å². The van der Waals surface area contributed by atoms with Gasteiger partial charge in [-0.3, -0.25) is 0 Å². The highest BCUT2D eigenvalue weighted by Gasteiger charge is 2.14. The Morgan fingerprint density at radius 3 is 2.76 bits per heavy atom. The van der Waals surface area contributed by atoms with Crippen LogP contribution in [0.3, 0.4) is 0 Å². The van der Waals surface area contributed by atoms with E-state index in [9.17, 15) is 4.79 Å². The van der Waals surface area contributed by atoms with Gasteiger partial charge in [0, 0.05) is 6.04 Å². The van der Waals surface area contributed by atoms with E-state index in [-0.39, 0.29) is 11.9 Å². The normalized spacial score (nSPS) is 11.5. The van der Waals surface area contributed by atoms with E-state index in [1.165, 1.54) is 14.2 Å². The largest absolute Gasteiger partial charge is 0.480 e. The first-order valence-electron chi connectivity index (χ1n) is 5.14. The second-order valence-corrected chi connectivity index (χ2v) is 3.41. The monoisotopic (exact) mass is 236 g/mol. The molecule has 1 aromatic heterocycles. The van der Waals surface area contributed by atoms with E-state index < -0.39 is 5.97 Å². The fourth-order valence-corrected chi connectivity index (χ4v) is 1.23. The number of nitrogens with zero attached hydrogens (tertiary/aromatic N) is 1. The van der Waals surface area contributed by atoms with Crippen LogP contribution >= 0.6 is 0 Å². The molecule has 0 fully saturated rings. The fourth-order valence-electron chi connectivity index (χ4n) is 1.23. The van der Waals surface area contributed by atoms with Crippen LogP contribution in [0.1, 0.15) is 17.3 Å². The maximum Gasteiger partial charge on any atom is 0.343 e. The lowest BCUT2D eigenvalue weighted by Gasteiger charge is -2.12. The van der Waals surface area contributed by atoms with Crippen molar-refractivity contribution in [3.05, 3.63) is 30.4 Å². The third-order valence-electron chi connectivity index (χ3n) is 2.19. The lowest BCUT2D eigenvalue weighted by atomic mass is 10.2. The smallest absolute Gasteiger partial charge is 0.343 e. The number of nitrogens with one attached hydrogen (secondary N) is 1. The highest BCUT2D eigenvalue weighted by Crippen LogP contribution is 2.19. The summed E-state index contributed by atoms with van der Waals surface area (Å²) in [5.41, 5.74) is 0.298. The van der Waals surface area contributed by atoms with Crippen molar-refractivity contribution >= 4 is 11.8 Å². The molecule has 1 atom stereocenters. The summed E-state index contributed by atoms with van der Waals surface area (Å²) in [5.74, 6) is 0.373. The van der Waals surface area contributed by atoms with Crippen molar-refractivity contribution in [2.75, 3.05) is 19.5 Å². The summed E-state index contributed by atoms with van der Waals surface area (Å²) in [4.78, 5) is 15.6. The van der Waals surface area contributed by atoms with Gasteiger partial charge in [-0.1, -0.05) is 6.08 Å². The van der Waals surface area contributed by atoms with Crippen molar-refractivity contribution in [3.63, 3.8) is 0 Å². The second kappa shape index (κ2) is 5.89. The lowest BCUT2D eigenvalue weighted by molar-refractivity contribution is 0.0596. The van der Waals surface area contributed by atoms with Gasteiger partial charge in [0.2, 0.25) is 5.88 Å². The molecule has 5 heteroatoms. The molecule has 1 aromatic rings. The SMILES string of the molecule is C=CC(C)Nc1ccc(C(=O)OC)c(OC)n1. The minimum Gasteiger partial charge on any atom is -0.480 e. The van der Waals surface area contributed by atoms with Crippen LogP contribution < -0.4 is 10.1 Å². The van der Waals surface area contributed by atoms with Crippen molar-refractivity contribution in [2.45, 2.75) is 13.0 Å². The van der Waals surface area contributed by atoms with E-state index >= 15 is 0 Å². The van der Waals surface area contributed by atoms with Crippen LogP contribution in [0.25, 0.3) is 0 Å². The maximum absolute atomic E-state index is 11.4. The number of aromatic nitrogens is 1. The summed E-state index contributed by atoms with van der Waals surface area (Å²) in [6, 6.07) is 3.38. The van der Waals surface area contributed by atoms with Crippen LogP contribution in [0.4, 0.5) is 5.82 Å². The van der Waals surface area contributed by atoms with Crippen molar-refractivity contribution in [3.8, 4) is 5.88 Å². The average molecular weight is 236 g/mol. The van der Waals surface area contributed by atoms with Crippen molar-refractivity contribution < 1.29 is 14.3 Å². The maximum atomic E-state index is 11.4. The molecular formula is C12H16N2O3. The predicted octanol–water partition coefficient (Wildman–Crippen LogP) is 1.86. The number of methoxy groups -OCH3 is 2. The van der Waals surface area contributed by atoms with Gasteiger partial charge in [0.1, 0.15) is 11.4 Å². The zero-order chi connectivity index (χ0) is 12.8. The summed E-state index contributed by atoms with van der Waals surface area (Å²) in [6.45, 7) is 5.60. The Morgan fingerprint density at radius 1 is 1.53 bits per heavy atom. The second-order valence-electron chi connectivity index (χ2n) is 3.41. The zero-order valence-corrected chi connectivity index (χ0v) is 10.2. The molecule has 1 N–H and O–H groups in total. The third-order valence-corrected chi connectivity index (χ3v) is 2.19. The molecule has 0 spiro atoms. The molecule has 0 saturated carbocycles. The Balaban J connectivity index is 2.99. The number of esters is 1. The van der Waals surface area contributed by atoms with Gasteiger partial charge in [0.05, 0.1) is 14.2 Å². The summed E-state index contributed by atoms with van der Waals surface area (Å²) >= 11 is 0. The van der Waals surface area contributed by atoms with Crippen molar-refractivity contribution in [2.24, 2.45) is 0 Å². The van der Waals surface area contributed by atoms with Gasteiger partial charge in [-0.05, 0) is 19.1 Å². The van der Waals surface area contributed by atoms with E-state index in [0.29, 0.717) is 11.4 Å². The van der Waals surface area contributed by atoms with Gasteiger partial charge in [-0.15, -0.1) is 6.58 Å². The first-order chi connectivity index (χ1) is 8.12. The molecule has 0 saturated heterocycles. The highest BCUT2D eigenvalue weighted by molar-refractivity contribution is 5.92. The first kappa shape index (κ1) is 13.0. The van der Waals surface area contributed by atoms with E-state index in [1.54, 1.807) is 18.2 Å². The van der Waals surface area contributed by atoms with Crippen LogP contribution in [-0.4, -0.2) is 31.2 Å². The van der Waals surface area contributed by atoms with Gasteiger partial charge in [-0.25, -0.2) is 4.79 Å². The number of anilines is 1. The zero-order valence-electron chi connectivity index (χ0n) is 10.2. The molecule has 1 heterocycles. The lowest BCUT2D eigenvalue weighted by Crippen LogP contribution is -2.14. The molecule has 0 aliphatic carbocycles. The molecule has 1 rings (SSSR count). The standard InChI is InChI=1S/C12H16N2O3/c1-5-8(2)13-10-7-6-9(12(15)17-4)11(14-10)16-3/h5-8H,1H2,2-4H3,(H,13,14). The molecule has 92 valence electrons. The molecule has 0 bridgehead atoms. The van der Waals surface area contributed by atoms with E-state index in [0.717, 1.165) is 0 Å². The number of ether oxygens (including phenoxy) is 2. The Labute approximate surface area is 100 Å². The number of rotatable bonds is 5. The minimum absolute atomic E-state index is 0.0798. The topological polar surface area (TPSA) is 60.5 Å². The first-order valence-corrected chi connectivity index (χ1v) is 5.14. The third kappa shape index (κ3) is 3.21. The molecule has 1 unspecified atom stereocenters. The van der Waals surface area contributed by atoms with Crippen LogP contribution in [0, 0.1) is 0 Å². The number of carbonyl (C=O) groups excluding carboxylic acids is 1. The van der Waals surface area contributed by atoms with E-state index in [2.05, 4.69) is 21.6 Å². The van der Waals surface area contributed by atoms with Gasteiger partial charge < -0.3 is 14.8 Å². The van der Waals surface area contributed by atoms with Crippen LogP contribution in [0.5, 0.6) is 5.88 Å². The molecule has 5 nitrogen and oxygen atoms in total. The fraction of sp³-hybridized carbons (Fsp3) is 0.333. The Morgan fingerprint density at radius 2 is 2.24 bits per heavy atom. The average Bonchev–Trinajstić information content (AvgIpc) is 2.37. The molecule has 0 aromatic carbocycles. The molecule has 0 aliphatic rings. The highest BCUT2D eigenvalue weighted by atomic mass is 16.5. The van der Waals surface area contributed by atoms with Gasteiger partial charge in [-0.2, -0.15) is 4.98 Å². The number of hydrogen-bond donors (Lipinski definition) is 1. The van der Waals surface area contributed by atoms with Crippen LogP contribution in [-0.2, 0) is 4.74 Å². The van der Waals surface area contributed by atoms with Gasteiger partial charge in [0.15, 0.2) is 0 Å². The van der Waals surface area contributed by atoms with Gasteiger partial charge >= 0.3 is 5.97 Å². The summed E-state index contributed by atoms with van der Waals surface area (Å²) in [5, 5.41) is 3.09. The Bertz CT molecular complexity index is 418. The van der Waals surface area contributed by atoms with Crippen LogP contribution in [0.15, 0.2) is 24.8 Å². The Hall–Kier alpha value is -2.04. The molecule has 0 aliphatic heterocycles. The molecule has 0 amide bonds. The molecule has 17 heavy (non-hydrogen) atoms. The summed E-state index contributed by atoms with van der Waals surface area (Å²) in [6.07, 6.45) is 1.75. The number of carbonyl (C=O) groups is 1. The number of pyridine rings is 1. The van der Waals surface area contributed by atoms with Crippen molar-refractivity contribution in [1.29, 1.82) is 0 Å². The predicted molar refractivity (Wildman–Crippen MR) is 65.4 cm³/mol. The summed E-state index contributed by atoms with van der Waals surface area (Å²) < 4.78 is 9.67. The van der Waals surface area contributed by atoms with Gasteiger partial charge in [0.25, 0.3) is 0 Å². The quantitative estimate of drug-likeness (QED) is 0.624. The number of hydrogen-bond acceptors (Lipinski definition) is 5. The Kier molecular flexibility index (Phi) is 4.51.